The van der Waals surface area contributed by atoms with Crippen molar-refractivity contribution in [3.05, 3.63) is 114 Å². The molecule has 5 aromatic rings. The quantitative estimate of drug-likeness (QED) is 0.141. The topological polar surface area (TPSA) is 107 Å². The highest BCUT2D eigenvalue weighted by Crippen LogP contribution is 2.54. The second kappa shape index (κ2) is 10.6. The molecule has 0 unspecified atom stereocenters. The maximum atomic E-state index is 13.6. The molecular weight excluding hydrogens is 575 g/mol. The van der Waals surface area contributed by atoms with Crippen LogP contribution in [0.15, 0.2) is 97.1 Å². The molecule has 0 fully saturated rings. The highest BCUT2D eigenvalue weighted by Gasteiger charge is 2.44. The molecule has 3 N–H and O–H groups in total. The second-order valence-electron chi connectivity index (χ2n) is 10.0. The zero-order chi connectivity index (χ0) is 31.3. The summed E-state index contributed by atoms with van der Waals surface area (Å²) in [5.74, 6) is -2.22. The van der Waals surface area contributed by atoms with E-state index in [1.54, 1.807) is 48.5 Å². The first-order valence-electron chi connectivity index (χ1n) is 13.2. The number of aromatic hydroxyl groups is 2. The third-order valence-electron chi connectivity index (χ3n) is 7.54. The van der Waals surface area contributed by atoms with Gasteiger partial charge in [-0.1, -0.05) is 60.7 Å². The van der Waals surface area contributed by atoms with E-state index in [0.717, 1.165) is 12.1 Å². The van der Waals surface area contributed by atoms with Gasteiger partial charge in [0.05, 0.1) is 23.8 Å². The van der Waals surface area contributed by atoms with Crippen LogP contribution in [0.4, 0.5) is 13.2 Å². The van der Waals surface area contributed by atoms with Gasteiger partial charge >= 0.3 is 6.18 Å². The number of methoxy groups -OCH3 is 1. The zero-order valence-corrected chi connectivity index (χ0v) is 22.9. The molecule has 2 amide bonds. The minimum Gasteiger partial charge on any atom is -0.507 e. The first kappa shape index (κ1) is 28.5. The van der Waals surface area contributed by atoms with Gasteiger partial charge in [0, 0.05) is 22.3 Å². The van der Waals surface area contributed by atoms with Crippen LogP contribution in [0.2, 0.25) is 0 Å². The number of carbonyl (C=O) groups is 2. The molecule has 1 heterocycles. The van der Waals surface area contributed by atoms with Crippen molar-refractivity contribution in [2.75, 3.05) is 7.11 Å². The standard InChI is InChI=1S/C34H22F3NO6/c1-44-21-16-12-19(13-17-21)27-26(18-10-14-20(15-11-18)34(35,36)37)28(22-6-2-4-8-24(22)39)30-31(33(42)38(43)32(30)41)29(27)23-7-3-5-9-25(23)40/h2-17,39-40,43H,1H3. The van der Waals surface area contributed by atoms with Crippen LogP contribution >= 0.6 is 0 Å². The summed E-state index contributed by atoms with van der Waals surface area (Å²) < 4.78 is 46.1. The van der Waals surface area contributed by atoms with Crippen LogP contribution in [0.25, 0.3) is 44.5 Å². The predicted octanol–water partition coefficient (Wildman–Crippen LogP) is 7.78. The number of rotatable bonds is 5. The second-order valence-corrected chi connectivity index (χ2v) is 10.0. The lowest BCUT2D eigenvalue weighted by Gasteiger charge is -2.24. The van der Waals surface area contributed by atoms with Gasteiger partial charge in [0.15, 0.2) is 0 Å². The number of fused-ring (bicyclic) bond motifs is 1. The highest BCUT2D eigenvalue weighted by atomic mass is 19.4. The summed E-state index contributed by atoms with van der Waals surface area (Å²) in [6, 6.07) is 22.9. The van der Waals surface area contributed by atoms with Crippen LogP contribution in [0.3, 0.4) is 0 Å². The summed E-state index contributed by atoms with van der Waals surface area (Å²) in [4.78, 5) is 27.3. The number of ether oxygens (including phenoxy) is 1. The van der Waals surface area contributed by atoms with Crippen molar-refractivity contribution in [3.63, 3.8) is 0 Å². The van der Waals surface area contributed by atoms with Crippen molar-refractivity contribution in [1.29, 1.82) is 0 Å². The summed E-state index contributed by atoms with van der Waals surface area (Å²) in [5, 5.41) is 32.6. The summed E-state index contributed by atoms with van der Waals surface area (Å²) in [6.07, 6.45) is -4.63. The lowest BCUT2D eigenvalue weighted by Crippen LogP contribution is -2.25. The molecule has 0 spiro atoms. The van der Waals surface area contributed by atoms with Crippen LogP contribution in [0.5, 0.6) is 17.2 Å². The third kappa shape index (κ3) is 4.52. The maximum absolute atomic E-state index is 13.6. The number of benzene rings is 5. The largest absolute Gasteiger partial charge is 0.507 e. The van der Waals surface area contributed by atoms with E-state index in [2.05, 4.69) is 0 Å². The number of phenols is 2. The van der Waals surface area contributed by atoms with Gasteiger partial charge in [-0.05, 0) is 58.7 Å². The van der Waals surface area contributed by atoms with Crippen molar-refractivity contribution in [2.24, 2.45) is 0 Å². The number of phenolic OH excluding ortho intramolecular Hbond substituents is 2. The van der Waals surface area contributed by atoms with Gasteiger partial charge in [0.2, 0.25) is 0 Å². The van der Waals surface area contributed by atoms with Crippen LogP contribution in [-0.2, 0) is 6.18 Å². The summed E-state index contributed by atoms with van der Waals surface area (Å²) in [5.41, 5.74) is -0.0782. The van der Waals surface area contributed by atoms with E-state index in [1.165, 1.54) is 43.5 Å². The van der Waals surface area contributed by atoms with Crippen molar-refractivity contribution in [1.82, 2.24) is 5.06 Å². The Labute approximate surface area is 248 Å². The van der Waals surface area contributed by atoms with Gasteiger partial charge < -0.3 is 14.9 Å². The molecule has 0 atom stereocenters. The van der Waals surface area contributed by atoms with E-state index >= 15 is 0 Å². The number of hydroxylamine groups is 2. The molecule has 0 aromatic heterocycles. The highest BCUT2D eigenvalue weighted by molar-refractivity contribution is 6.29. The number of halogens is 3. The van der Waals surface area contributed by atoms with Gasteiger partial charge in [-0.15, -0.1) is 5.06 Å². The number of hydrogen-bond donors (Lipinski definition) is 3. The number of hydrogen-bond acceptors (Lipinski definition) is 6. The summed E-state index contributed by atoms with van der Waals surface area (Å²) in [7, 11) is 1.47. The average Bonchev–Trinajstić information content (AvgIpc) is 3.24. The van der Waals surface area contributed by atoms with Crippen molar-refractivity contribution in [2.45, 2.75) is 6.18 Å². The van der Waals surface area contributed by atoms with Gasteiger partial charge in [0.25, 0.3) is 11.8 Å². The lowest BCUT2D eigenvalue weighted by atomic mass is 9.77. The van der Waals surface area contributed by atoms with Gasteiger partial charge in [0.1, 0.15) is 17.2 Å². The Hall–Kier alpha value is -5.61. The minimum atomic E-state index is -4.63. The summed E-state index contributed by atoms with van der Waals surface area (Å²) in [6.45, 7) is 0. The Morgan fingerprint density at radius 3 is 1.39 bits per heavy atom. The van der Waals surface area contributed by atoms with Crippen LogP contribution in [0, 0.1) is 0 Å². The molecular formula is C34H22F3NO6. The number of nitrogens with zero attached hydrogens (tertiary/aromatic N) is 1. The number of para-hydroxylation sites is 2. The number of alkyl halides is 3. The molecule has 44 heavy (non-hydrogen) atoms. The molecule has 0 saturated carbocycles. The Balaban J connectivity index is 1.89. The van der Waals surface area contributed by atoms with E-state index in [0.29, 0.717) is 11.3 Å². The fraction of sp³-hybridized carbons (Fsp3) is 0.0588. The van der Waals surface area contributed by atoms with Crippen LogP contribution in [-0.4, -0.2) is 39.4 Å². The molecule has 1 aliphatic rings. The van der Waals surface area contributed by atoms with E-state index in [4.69, 9.17) is 4.74 Å². The van der Waals surface area contributed by atoms with Gasteiger partial charge in [-0.25, -0.2) is 0 Å². The SMILES string of the molecule is COc1ccc(-c2c(-c3ccccc3O)c3c(c(-c4ccccc4O)c2-c2ccc(C(F)(F)F)cc2)C(=O)N(O)C3=O)cc1. The number of imide groups is 1. The monoisotopic (exact) mass is 597 g/mol. The third-order valence-corrected chi connectivity index (χ3v) is 7.54. The molecule has 0 bridgehead atoms. The Morgan fingerprint density at radius 2 is 1.00 bits per heavy atom. The molecule has 10 heteroatoms. The molecule has 7 nitrogen and oxygen atoms in total. The Bertz CT molecular complexity index is 1950. The van der Waals surface area contributed by atoms with E-state index < -0.39 is 23.6 Å². The average molecular weight is 598 g/mol. The fourth-order valence-corrected chi connectivity index (χ4v) is 5.55. The summed E-state index contributed by atoms with van der Waals surface area (Å²) >= 11 is 0. The van der Waals surface area contributed by atoms with Crippen LogP contribution in [0.1, 0.15) is 26.3 Å². The fourth-order valence-electron chi connectivity index (χ4n) is 5.55. The smallest absolute Gasteiger partial charge is 0.416 e. The lowest BCUT2D eigenvalue weighted by molar-refractivity contribution is -0.137. The Kier molecular flexibility index (Phi) is 6.86. The van der Waals surface area contributed by atoms with Gasteiger partial charge in [-0.3, -0.25) is 14.8 Å². The first-order chi connectivity index (χ1) is 21.0. The van der Waals surface area contributed by atoms with E-state index in [9.17, 15) is 38.2 Å². The molecule has 5 aromatic carbocycles. The van der Waals surface area contributed by atoms with Crippen molar-refractivity contribution < 1.29 is 42.9 Å². The van der Waals surface area contributed by atoms with Gasteiger partial charge in [-0.2, -0.15) is 13.2 Å². The van der Waals surface area contributed by atoms with Crippen molar-refractivity contribution in [3.8, 4) is 61.8 Å². The van der Waals surface area contributed by atoms with E-state index in [-0.39, 0.29) is 66.6 Å². The van der Waals surface area contributed by atoms with Crippen LogP contribution < -0.4 is 4.74 Å². The molecule has 1 aliphatic heterocycles. The minimum absolute atomic E-state index is 0.0118. The first-order valence-corrected chi connectivity index (χ1v) is 13.2. The molecule has 0 saturated heterocycles. The van der Waals surface area contributed by atoms with E-state index in [1.807, 2.05) is 0 Å². The maximum Gasteiger partial charge on any atom is 0.416 e. The number of carbonyl (C=O) groups excluding carboxylic acids is 2. The molecule has 220 valence electrons. The Morgan fingerprint density at radius 1 is 0.591 bits per heavy atom. The molecule has 0 aliphatic carbocycles. The zero-order valence-electron chi connectivity index (χ0n) is 22.9. The molecule has 6 rings (SSSR count). The molecule has 0 radical (unpaired) electrons. The normalized spacial score (nSPS) is 12.9. The van der Waals surface area contributed by atoms with Crippen molar-refractivity contribution >= 4 is 11.8 Å². The predicted molar refractivity (Wildman–Crippen MR) is 155 cm³/mol. The number of amides is 2.